The third-order valence-electron chi connectivity index (χ3n) is 3.17. The van der Waals surface area contributed by atoms with E-state index in [4.69, 9.17) is 10.3 Å². The van der Waals surface area contributed by atoms with E-state index in [1.807, 2.05) is 54.6 Å². The highest BCUT2D eigenvalue weighted by molar-refractivity contribution is 9.10. The van der Waals surface area contributed by atoms with Crippen LogP contribution in [0.15, 0.2) is 63.6 Å². The lowest BCUT2D eigenvalue weighted by molar-refractivity contribution is 0.354. The zero-order chi connectivity index (χ0) is 14.7. The molecule has 21 heavy (non-hydrogen) atoms. The Kier molecular flexibility index (Phi) is 4.13. The fraction of sp³-hybridized carbons (Fsp3) is 0.125. The minimum Gasteiger partial charge on any atom is -0.337 e. The van der Waals surface area contributed by atoms with Crippen molar-refractivity contribution in [3.63, 3.8) is 0 Å². The maximum Gasteiger partial charge on any atom is 0.244 e. The van der Waals surface area contributed by atoms with Crippen molar-refractivity contribution in [2.75, 3.05) is 0 Å². The van der Waals surface area contributed by atoms with Crippen molar-refractivity contribution >= 4 is 15.9 Å². The first-order chi connectivity index (χ1) is 10.2. The van der Waals surface area contributed by atoms with Crippen LogP contribution in [0.1, 0.15) is 17.5 Å². The molecule has 1 heterocycles. The van der Waals surface area contributed by atoms with Gasteiger partial charge in [-0.25, -0.2) is 0 Å². The van der Waals surface area contributed by atoms with Crippen LogP contribution < -0.4 is 5.73 Å². The molecule has 1 unspecified atom stereocenters. The summed E-state index contributed by atoms with van der Waals surface area (Å²) >= 11 is 3.48. The number of benzene rings is 2. The SMILES string of the molecule is NC(Cc1ccccc1)c1nc(-c2ccccc2Br)no1. The molecule has 5 heteroatoms. The van der Waals surface area contributed by atoms with Crippen molar-refractivity contribution in [2.24, 2.45) is 5.73 Å². The second-order valence-electron chi connectivity index (χ2n) is 4.73. The van der Waals surface area contributed by atoms with E-state index in [-0.39, 0.29) is 6.04 Å². The average molecular weight is 344 g/mol. The maximum absolute atomic E-state index is 6.15. The molecule has 4 nitrogen and oxygen atoms in total. The van der Waals surface area contributed by atoms with E-state index in [0.29, 0.717) is 18.1 Å². The van der Waals surface area contributed by atoms with E-state index in [0.717, 1.165) is 15.6 Å². The maximum atomic E-state index is 6.15. The number of hydrogen-bond donors (Lipinski definition) is 1. The van der Waals surface area contributed by atoms with Crippen molar-refractivity contribution in [3.8, 4) is 11.4 Å². The highest BCUT2D eigenvalue weighted by Gasteiger charge is 2.17. The average Bonchev–Trinajstić information content (AvgIpc) is 2.98. The summed E-state index contributed by atoms with van der Waals surface area (Å²) in [4.78, 5) is 4.40. The van der Waals surface area contributed by atoms with Gasteiger partial charge in [-0.05, 0) is 24.1 Å². The first-order valence-electron chi connectivity index (χ1n) is 6.62. The molecule has 0 fully saturated rings. The van der Waals surface area contributed by atoms with Gasteiger partial charge in [0.25, 0.3) is 0 Å². The molecule has 0 bridgehead atoms. The molecule has 0 aliphatic carbocycles. The standard InChI is InChI=1S/C16H14BrN3O/c17-13-9-5-4-8-12(13)15-19-16(21-20-15)14(18)10-11-6-2-1-3-7-11/h1-9,14H,10,18H2. The van der Waals surface area contributed by atoms with E-state index in [1.54, 1.807) is 0 Å². The minimum atomic E-state index is -0.309. The Morgan fingerprint density at radius 3 is 2.52 bits per heavy atom. The fourth-order valence-electron chi connectivity index (χ4n) is 2.09. The molecule has 0 saturated carbocycles. The number of hydrogen-bond acceptors (Lipinski definition) is 4. The van der Waals surface area contributed by atoms with Crippen LogP contribution in [0.25, 0.3) is 11.4 Å². The van der Waals surface area contributed by atoms with E-state index in [9.17, 15) is 0 Å². The van der Waals surface area contributed by atoms with Gasteiger partial charge in [0.1, 0.15) is 0 Å². The smallest absolute Gasteiger partial charge is 0.244 e. The molecule has 1 atom stereocenters. The number of nitrogens with two attached hydrogens (primary N) is 1. The molecule has 0 radical (unpaired) electrons. The first-order valence-corrected chi connectivity index (χ1v) is 7.41. The Morgan fingerprint density at radius 2 is 1.76 bits per heavy atom. The van der Waals surface area contributed by atoms with Gasteiger partial charge in [-0.15, -0.1) is 0 Å². The number of nitrogens with zero attached hydrogens (tertiary/aromatic N) is 2. The lowest BCUT2D eigenvalue weighted by Gasteiger charge is -2.06. The highest BCUT2D eigenvalue weighted by Crippen LogP contribution is 2.26. The molecule has 1 aromatic heterocycles. The third kappa shape index (κ3) is 3.20. The molecule has 2 aromatic carbocycles. The van der Waals surface area contributed by atoms with E-state index < -0.39 is 0 Å². The lowest BCUT2D eigenvalue weighted by Crippen LogP contribution is -2.13. The highest BCUT2D eigenvalue weighted by atomic mass is 79.9. The molecule has 0 aliphatic rings. The number of halogens is 1. The Morgan fingerprint density at radius 1 is 1.05 bits per heavy atom. The van der Waals surface area contributed by atoms with Crippen LogP contribution in [0.3, 0.4) is 0 Å². The van der Waals surface area contributed by atoms with E-state index in [1.165, 1.54) is 0 Å². The Labute approximate surface area is 131 Å². The van der Waals surface area contributed by atoms with Gasteiger partial charge in [0.15, 0.2) is 0 Å². The zero-order valence-electron chi connectivity index (χ0n) is 11.2. The third-order valence-corrected chi connectivity index (χ3v) is 3.86. The lowest BCUT2D eigenvalue weighted by atomic mass is 10.1. The van der Waals surface area contributed by atoms with Gasteiger partial charge in [-0.3, -0.25) is 0 Å². The molecule has 2 N–H and O–H groups in total. The van der Waals surface area contributed by atoms with Crippen LogP contribution in [0.2, 0.25) is 0 Å². The largest absolute Gasteiger partial charge is 0.337 e. The van der Waals surface area contributed by atoms with Gasteiger partial charge in [0.2, 0.25) is 11.7 Å². The normalized spacial score (nSPS) is 12.3. The van der Waals surface area contributed by atoms with Gasteiger partial charge in [0.05, 0.1) is 6.04 Å². The van der Waals surface area contributed by atoms with Crippen LogP contribution in [0.5, 0.6) is 0 Å². The van der Waals surface area contributed by atoms with Gasteiger partial charge < -0.3 is 10.3 Å². The van der Waals surface area contributed by atoms with Crippen LogP contribution in [0.4, 0.5) is 0 Å². The summed E-state index contributed by atoms with van der Waals surface area (Å²) in [6.07, 6.45) is 0.665. The van der Waals surface area contributed by atoms with Crippen molar-refractivity contribution in [1.29, 1.82) is 0 Å². The second kappa shape index (κ2) is 6.20. The molecule has 0 aliphatic heterocycles. The summed E-state index contributed by atoms with van der Waals surface area (Å²) in [6.45, 7) is 0. The van der Waals surface area contributed by atoms with Crippen LogP contribution in [-0.4, -0.2) is 10.1 Å². The molecule has 0 spiro atoms. The first kappa shape index (κ1) is 14.0. The summed E-state index contributed by atoms with van der Waals surface area (Å²) in [5.41, 5.74) is 8.18. The molecule has 3 aromatic rings. The van der Waals surface area contributed by atoms with Crippen LogP contribution >= 0.6 is 15.9 Å². The van der Waals surface area contributed by atoms with Gasteiger partial charge in [-0.2, -0.15) is 4.98 Å². The second-order valence-corrected chi connectivity index (χ2v) is 5.59. The summed E-state index contributed by atoms with van der Waals surface area (Å²) in [7, 11) is 0. The number of rotatable bonds is 4. The summed E-state index contributed by atoms with van der Waals surface area (Å²) in [6, 6.07) is 17.5. The van der Waals surface area contributed by atoms with Crippen LogP contribution in [-0.2, 0) is 6.42 Å². The zero-order valence-corrected chi connectivity index (χ0v) is 12.8. The topological polar surface area (TPSA) is 64.9 Å². The van der Waals surface area contributed by atoms with Gasteiger partial charge >= 0.3 is 0 Å². The molecular weight excluding hydrogens is 330 g/mol. The van der Waals surface area contributed by atoms with Crippen LogP contribution in [0, 0.1) is 0 Å². The molecule has 106 valence electrons. The van der Waals surface area contributed by atoms with Gasteiger partial charge in [0, 0.05) is 10.0 Å². The fourth-order valence-corrected chi connectivity index (χ4v) is 2.56. The molecule has 0 saturated heterocycles. The number of aromatic nitrogens is 2. The molecular formula is C16H14BrN3O. The van der Waals surface area contributed by atoms with Crippen molar-refractivity contribution < 1.29 is 4.52 Å². The monoisotopic (exact) mass is 343 g/mol. The summed E-state index contributed by atoms with van der Waals surface area (Å²) in [5.74, 6) is 0.991. The minimum absolute atomic E-state index is 0.309. The van der Waals surface area contributed by atoms with Crippen molar-refractivity contribution in [2.45, 2.75) is 12.5 Å². The Balaban J connectivity index is 1.80. The van der Waals surface area contributed by atoms with Crippen molar-refractivity contribution in [3.05, 3.63) is 70.5 Å². The predicted molar refractivity (Wildman–Crippen MR) is 84.5 cm³/mol. The summed E-state index contributed by atoms with van der Waals surface area (Å²) in [5, 5.41) is 4.01. The van der Waals surface area contributed by atoms with Crippen molar-refractivity contribution in [1.82, 2.24) is 10.1 Å². The molecule has 0 amide bonds. The predicted octanol–water partition coefficient (Wildman–Crippen LogP) is 3.74. The Bertz CT molecular complexity index is 727. The van der Waals surface area contributed by atoms with E-state index >= 15 is 0 Å². The quantitative estimate of drug-likeness (QED) is 0.783. The summed E-state index contributed by atoms with van der Waals surface area (Å²) < 4.78 is 6.23. The van der Waals surface area contributed by atoms with E-state index in [2.05, 4.69) is 26.1 Å². The Hall–Kier alpha value is -1.98. The van der Waals surface area contributed by atoms with Gasteiger partial charge in [-0.1, -0.05) is 63.6 Å². The molecule has 3 rings (SSSR count).